The Balaban J connectivity index is 1.35. The van der Waals surface area contributed by atoms with E-state index in [2.05, 4.69) is 25.9 Å². The predicted molar refractivity (Wildman–Crippen MR) is 158 cm³/mol. The van der Waals surface area contributed by atoms with Crippen molar-refractivity contribution in [2.24, 2.45) is 0 Å². The van der Waals surface area contributed by atoms with Crippen molar-refractivity contribution >= 4 is 52.4 Å². The molecule has 0 bridgehead atoms. The summed E-state index contributed by atoms with van der Waals surface area (Å²) in [7, 11) is 1.56. The van der Waals surface area contributed by atoms with Crippen LogP contribution in [-0.4, -0.2) is 46.6 Å². The minimum absolute atomic E-state index is 0.118. The van der Waals surface area contributed by atoms with Crippen LogP contribution in [0.5, 0.6) is 0 Å². The van der Waals surface area contributed by atoms with Crippen LogP contribution in [0.2, 0.25) is 0 Å². The molecule has 1 aliphatic heterocycles. The number of aryl methyl sites for hydroxylation is 1. The van der Waals surface area contributed by atoms with Crippen LogP contribution in [0.4, 0.5) is 52.5 Å². The molecule has 11 nitrogen and oxygen atoms in total. The number of fused-ring (bicyclic) bond motifs is 1. The summed E-state index contributed by atoms with van der Waals surface area (Å²) in [6, 6.07) is 15.3. The van der Waals surface area contributed by atoms with Gasteiger partial charge in [0.1, 0.15) is 12.4 Å². The van der Waals surface area contributed by atoms with E-state index in [4.69, 9.17) is 5.11 Å². The van der Waals surface area contributed by atoms with Gasteiger partial charge in [0, 0.05) is 41.4 Å². The van der Waals surface area contributed by atoms with E-state index in [9.17, 15) is 27.6 Å². The summed E-state index contributed by atoms with van der Waals surface area (Å²) in [5.41, 5.74) is 2.06. The first-order valence-electron chi connectivity index (χ1n) is 13.2. The van der Waals surface area contributed by atoms with Crippen LogP contribution in [-0.2, 0) is 17.5 Å². The van der Waals surface area contributed by atoms with Crippen molar-refractivity contribution in [3.63, 3.8) is 0 Å². The molecule has 0 fully saturated rings. The number of anilines is 6. The van der Waals surface area contributed by atoms with Crippen LogP contribution < -0.4 is 25.8 Å². The Morgan fingerprint density at radius 3 is 2.45 bits per heavy atom. The first kappa shape index (κ1) is 30.0. The number of amides is 4. The number of aliphatic hydroxyl groups is 1. The highest BCUT2D eigenvalue weighted by Gasteiger charge is 2.32. The number of carbonyl (C=O) groups is 3. The Bertz CT molecular complexity index is 1760. The van der Waals surface area contributed by atoms with Gasteiger partial charge in [0.15, 0.2) is 0 Å². The number of aliphatic hydroxyl groups excluding tert-OH is 1. The molecule has 44 heavy (non-hydrogen) atoms. The molecule has 0 atom stereocenters. The van der Waals surface area contributed by atoms with Crippen molar-refractivity contribution < 1.29 is 32.7 Å². The summed E-state index contributed by atoms with van der Waals surface area (Å²) in [6.07, 6.45) is -3.01. The largest absolute Gasteiger partial charge is 0.416 e. The number of nitrogens with zero attached hydrogens (tertiary/aromatic N) is 4. The monoisotopic (exact) mass is 605 g/mol. The summed E-state index contributed by atoms with van der Waals surface area (Å²) in [6.45, 7) is 1.26. The van der Waals surface area contributed by atoms with Gasteiger partial charge in [-0.25, -0.2) is 9.78 Å². The average molecular weight is 606 g/mol. The zero-order valence-corrected chi connectivity index (χ0v) is 23.4. The molecular formula is C30H26F3N7O4. The van der Waals surface area contributed by atoms with Crippen molar-refractivity contribution in [2.75, 3.05) is 39.4 Å². The third-order valence-corrected chi connectivity index (χ3v) is 6.76. The van der Waals surface area contributed by atoms with Gasteiger partial charge in [0.05, 0.1) is 17.8 Å². The van der Waals surface area contributed by atoms with Crippen molar-refractivity contribution in [3.8, 4) is 0 Å². The molecule has 0 unspecified atom stereocenters. The summed E-state index contributed by atoms with van der Waals surface area (Å²) in [4.78, 5) is 49.5. The molecule has 3 aromatic carbocycles. The van der Waals surface area contributed by atoms with E-state index < -0.39 is 36.2 Å². The summed E-state index contributed by atoms with van der Waals surface area (Å²) in [5.74, 6) is -0.707. The molecule has 2 heterocycles. The third kappa shape index (κ3) is 6.44. The van der Waals surface area contributed by atoms with Crippen LogP contribution in [0.3, 0.4) is 0 Å². The number of urea groups is 1. The molecular weight excluding hydrogens is 579 g/mol. The molecule has 1 aromatic heterocycles. The fraction of sp³-hybridized carbons (Fsp3) is 0.167. The van der Waals surface area contributed by atoms with Gasteiger partial charge >= 0.3 is 12.2 Å². The molecule has 0 saturated carbocycles. The van der Waals surface area contributed by atoms with Gasteiger partial charge in [-0.2, -0.15) is 18.2 Å². The van der Waals surface area contributed by atoms with E-state index in [0.29, 0.717) is 34.1 Å². The molecule has 4 aromatic rings. The Hall–Kier alpha value is -5.50. The van der Waals surface area contributed by atoms with E-state index in [0.717, 1.165) is 23.8 Å². The maximum atomic E-state index is 13.5. The maximum absolute atomic E-state index is 13.5. The molecule has 0 aliphatic carbocycles. The van der Waals surface area contributed by atoms with E-state index in [1.807, 2.05) is 0 Å². The molecule has 0 radical (unpaired) electrons. The zero-order valence-electron chi connectivity index (χ0n) is 23.4. The second kappa shape index (κ2) is 12.0. The SMILES string of the molecule is Cc1ccc(NC(=O)c2cccc(C(F)(F)F)c2)cc1N1Cc2cnc(Nc3cccc(NC(=O)CO)c3)nc2N(C)C1=O. The molecule has 0 saturated heterocycles. The first-order valence-corrected chi connectivity index (χ1v) is 13.2. The van der Waals surface area contributed by atoms with E-state index >= 15 is 0 Å². The number of aromatic nitrogens is 2. The van der Waals surface area contributed by atoms with Crippen LogP contribution in [0.1, 0.15) is 27.0 Å². The number of benzene rings is 3. The highest BCUT2D eigenvalue weighted by Crippen LogP contribution is 2.34. The molecule has 226 valence electrons. The van der Waals surface area contributed by atoms with E-state index in [1.54, 1.807) is 62.6 Å². The second-order valence-corrected chi connectivity index (χ2v) is 9.92. The van der Waals surface area contributed by atoms with Gasteiger partial charge < -0.3 is 21.1 Å². The minimum atomic E-state index is -4.59. The Morgan fingerprint density at radius 2 is 1.70 bits per heavy atom. The predicted octanol–water partition coefficient (Wildman–Crippen LogP) is 5.31. The van der Waals surface area contributed by atoms with Crippen LogP contribution in [0.25, 0.3) is 0 Å². The fourth-order valence-electron chi connectivity index (χ4n) is 4.58. The fourth-order valence-corrected chi connectivity index (χ4v) is 4.58. The molecule has 14 heteroatoms. The first-order chi connectivity index (χ1) is 20.9. The van der Waals surface area contributed by atoms with Crippen LogP contribution in [0.15, 0.2) is 72.9 Å². The average Bonchev–Trinajstić information content (AvgIpc) is 3.00. The number of rotatable bonds is 7. The van der Waals surface area contributed by atoms with Crippen molar-refractivity contribution in [1.82, 2.24) is 9.97 Å². The Morgan fingerprint density at radius 1 is 0.977 bits per heavy atom. The third-order valence-electron chi connectivity index (χ3n) is 6.76. The van der Waals surface area contributed by atoms with Crippen molar-refractivity contribution in [3.05, 3.63) is 95.2 Å². The molecule has 5 rings (SSSR count). The van der Waals surface area contributed by atoms with Gasteiger partial charge in [-0.05, 0) is 61.0 Å². The van der Waals surface area contributed by atoms with Gasteiger partial charge in [-0.1, -0.05) is 18.2 Å². The molecule has 0 spiro atoms. The number of carbonyl (C=O) groups excluding carboxylic acids is 3. The van der Waals surface area contributed by atoms with Crippen molar-refractivity contribution in [1.29, 1.82) is 0 Å². The smallest absolute Gasteiger partial charge is 0.387 e. The molecule has 4 N–H and O–H groups in total. The van der Waals surface area contributed by atoms with Gasteiger partial charge in [-0.15, -0.1) is 0 Å². The summed E-state index contributed by atoms with van der Waals surface area (Å²) >= 11 is 0. The highest BCUT2D eigenvalue weighted by atomic mass is 19.4. The van der Waals surface area contributed by atoms with E-state index in [1.165, 1.54) is 15.9 Å². The van der Waals surface area contributed by atoms with Crippen molar-refractivity contribution in [2.45, 2.75) is 19.6 Å². The lowest BCUT2D eigenvalue weighted by molar-refractivity contribution is -0.137. The quantitative estimate of drug-likeness (QED) is 0.224. The van der Waals surface area contributed by atoms with Gasteiger partial charge in [0.25, 0.3) is 5.91 Å². The maximum Gasteiger partial charge on any atom is 0.416 e. The van der Waals surface area contributed by atoms with E-state index in [-0.39, 0.29) is 18.1 Å². The highest BCUT2D eigenvalue weighted by molar-refractivity contribution is 6.07. The van der Waals surface area contributed by atoms with Gasteiger partial charge in [-0.3, -0.25) is 19.4 Å². The lowest BCUT2D eigenvalue weighted by Gasteiger charge is -2.35. The zero-order chi connectivity index (χ0) is 31.6. The number of alkyl halides is 3. The number of halogens is 3. The summed E-state index contributed by atoms with van der Waals surface area (Å²) in [5, 5.41) is 17.1. The Kier molecular flexibility index (Phi) is 8.18. The topological polar surface area (TPSA) is 140 Å². The van der Waals surface area contributed by atoms with Gasteiger partial charge in [0.2, 0.25) is 11.9 Å². The number of hydrogen-bond donors (Lipinski definition) is 4. The second-order valence-electron chi connectivity index (χ2n) is 9.92. The molecule has 1 aliphatic rings. The number of hydrogen-bond acceptors (Lipinski definition) is 7. The normalized spacial score (nSPS) is 12.9. The lowest BCUT2D eigenvalue weighted by Crippen LogP contribution is -2.46. The van der Waals surface area contributed by atoms with Crippen LogP contribution in [0, 0.1) is 6.92 Å². The standard InChI is InChI=1S/C30H26F3N7O4/c1-17-9-10-23(36-27(43)18-5-3-6-20(11-18)30(31,32)33)13-24(17)40-15-19-14-34-28(38-26(19)39(2)29(40)44)37-22-8-4-7-21(12-22)35-25(42)16-41/h3-14,41H,15-16H2,1-2H3,(H,35,42)(H,36,43)(H,34,37,38). The minimum Gasteiger partial charge on any atom is -0.387 e. The Labute approximate surface area is 249 Å². The lowest BCUT2D eigenvalue weighted by atomic mass is 10.1. The van der Waals surface area contributed by atoms with Crippen LogP contribution >= 0.6 is 0 Å². The number of nitrogens with one attached hydrogen (secondary N) is 3. The summed E-state index contributed by atoms with van der Waals surface area (Å²) < 4.78 is 39.3. The molecule has 4 amide bonds.